The number of halogens is 1. The molecule has 0 heterocycles. The SMILES string of the molecule is CCC(C)NC(=O)CC(NS(C)(=O)=O)c1ccc(F)cc1. The highest BCUT2D eigenvalue weighted by Crippen LogP contribution is 2.18. The molecule has 1 aromatic carbocycles. The van der Waals surface area contributed by atoms with Crippen molar-refractivity contribution in [3.8, 4) is 0 Å². The Morgan fingerprint density at radius 1 is 1.29 bits per heavy atom. The maximum atomic E-state index is 13.0. The summed E-state index contributed by atoms with van der Waals surface area (Å²) >= 11 is 0. The molecule has 0 saturated carbocycles. The minimum atomic E-state index is -3.49. The first kappa shape index (κ1) is 17.6. The molecule has 0 aliphatic heterocycles. The van der Waals surface area contributed by atoms with Gasteiger partial charge in [0.15, 0.2) is 0 Å². The van der Waals surface area contributed by atoms with Gasteiger partial charge in [-0.05, 0) is 31.0 Å². The van der Waals surface area contributed by atoms with Crippen LogP contribution in [0, 0.1) is 5.82 Å². The van der Waals surface area contributed by atoms with E-state index in [0.717, 1.165) is 12.7 Å². The monoisotopic (exact) mass is 316 g/mol. The summed E-state index contributed by atoms with van der Waals surface area (Å²) in [4.78, 5) is 11.9. The van der Waals surface area contributed by atoms with Crippen LogP contribution in [0.5, 0.6) is 0 Å². The van der Waals surface area contributed by atoms with Crippen molar-refractivity contribution in [2.75, 3.05) is 6.26 Å². The van der Waals surface area contributed by atoms with Crippen LogP contribution in [0.1, 0.15) is 38.3 Å². The molecule has 2 N–H and O–H groups in total. The zero-order valence-corrected chi connectivity index (χ0v) is 13.2. The molecule has 5 nitrogen and oxygen atoms in total. The molecule has 0 aliphatic carbocycles. The van der Waals surface area contributed by atoms with Crippen LogP contribution in [0.25, 0.3) is 0 Å². The first-order valence-corrected chi connectivity index (χ1v) is 8.62. The number of benzene rings is 1. The molecule has 0 bridgehead atoms. The molecule has 2 unspecified atom stereocenters. The van der Waals surface area contributed by atoms with Crippen molar-refractivity contribution in [2.24, 2.45) is 0 Å². The molecule has 1 rings (SSSR count). The molecule has 1 aromatic rings. The maximum Gasteiger partial charge on any atom is 0.222 e. The number of hydrogen-bond donors (Lipinski definition) is 2. The van der Waals surface area contributed by atoms with Gasteiger partial charge in [-0.25, -0.2) is 17.5 Å². The van der Waals surface area contributed by atoms with Gasteiger partial charge in [0.1, 0.15) is 5.82 Å². The third kappa shape index (κ3) is 6.68. The Balaban J connectivity index is 2.87. The van der Waals surface area contributed by atoms with Crippen molar-refractivity contribution in [3.05, 3.63) is 35.6 Å². The van der Waals surface area contributed by atoms with Gasteiger partial charge in [-0.1, -0.05) is 19.1 Å². The van der Waals surface area contributed by atoms with E-state index in [-0.39, 0.29) is 18.4 Å². The molecule has 0 radical (unpaired) electrons. The first-order chi connectivity index (χ1) is 9.71. The lowest BCUT2D eigenvalue weighted by Crippen LogP contribution is -2.36. The number of nitrogens with one attached hydrogen (secondary N) is 2. The van der Waals surface area contributed by atoms with Gasteiger partial charge in [0.2, 0.25) is 15.9 Å². The van der Waals surface area contributed by atoms with E-state index >= 15 is 0 Å². The van der Waals surface area contributed by atoms with Gasteiger partial charge < -0.3 is 5.32 Å². The van der Waals surface area contributed by atoms with Gasteiger partial charge in [0, 0.05) is 12.5 Å². The van der Waals surface area contributed by atoms with Crippen LogP contribution in [0.15, 0.2) is 24.3 Å². The molecule has 21 heavy (non-hydrogen) atoms. The molecule has 1 amide bonds. The largest absolute Gasteiger partial charge is 0.354 e. The van der Waals surface area contributed by atoms with Crippen molar-refractivity contribution in [1.82, 2.24) is 10.0 Å². The highest BCUT2D eigenvalue weighted by atomic mass is 32.2. The minimum Gasteiger partial charge on any atom is -0.354 e. The third-order valence-corrected chi connectivity index (χ3v) is 3.75. The number of carbonyl (C=O) groups excluding carboxylic acids is 1. The molecule has 7 heteroatoms. The second-order valence-corrected chi connectivity index (χ2v) is 6.86. The van der Waals surface area contributed by atoms with Gasteiger partial charge in [-0.3, -0.25) is 4.79 Å². The number of amides is 1. The highest BCUT2D eigenvalue weighted by molar-refractivity contribution is 7.88. The van der Waals surface area contributed by atoms with E-state index in [2.05, 4.69) is 10.0 Å². The summed E-state index contributed by atoms with van der Waals surface area (Å²) in [6.07, 6.45) is 1.77. The molecule has 0 fully saturated rings. The fourth-order valence-corrected chi connectivity index (χ4v) is 2.54. The second kappa shape index (κ2) is 7.51. The van der Waals surface area contributed by atoms with Crippen LogP contribution in [0.2, 0.25) is 0 Å². The summed E-state index contributed by atoms with van der Waals surface area (Å²) in [5.74, 6) is -0.671. The molecular formula is C14H21FN2O3S. The maximum absolute atomic E-state index is 13.0. The Hall–Kier alpha value is -1.47. The van der Waals surface area contributed by atoms with Crippen LogP contribution in [0.4, 0.5) is 4.39 Å². The van der Waals surface area contributed by atoms with E-state index in [1.54, 1.807) is 0 Å². The molecule has 118 valence electrons. The van der Waals surface area contributed by atoms with Crippen LogP contribution in [0.3, 0.4) is 0 Å². The topological polar surface area (TPSA) is 75.3 Å². The van der Waals surface area contributed by atoms with E-state index in [9.17, 15) is 17.6 Å². The van der Waals surface area contributed by atoms with Crippen molar-refractivity contribution in [3.63, 3.8) is 0 Å². The number of sulfonamides is 1. The van der Waals surface area contributed by atoms with Crippen molar-refractivity contribution in [2.45, 2.75) is 38.8 Å². The lowest BCUT2D eigenvalue weighted by Gasteiger charge is -2.19. The van der Waals surface area contributed by atoms with Gasteiger partial charge in [0.25, 0.3) is 0 Å². The van der Waals surface area contributed by atoms with E-state index in [1.807, 2.05) is 13.8 Å². The van der Waals surface area contributed by atoms with Gasteiger partial charge in [-0.2, -0.15) is 0 Å². The molecule has 0 aromatic heterocycles. The lowest BCUT2D eigenvalue weighted by molar-refractivity contribution is -0.122. The van der Waals surface area contributed by atoms with Gasteiger partial charge in [0.05, 0.1) is 12.3 Å². The fraction of sp³-hybridized carbons (Fsp3) is 0.500. The van der Waals surface area contributed by atoms with Crippen molar-refractivity contribution in [1.29, 1.82) is 0 Å². The fourth-order valence-electron chi connectivity index (χ4n) is 1.80. The summed E-state index contributed by atoms with van der Waals surface area (Å²) < 4.78 is 38.2. The average molecular weight is 316 g/mol. The minimum absolute atomic E-state index is 0.0181. The predicted octanol–water partition coefficient (Wildman–Crippen LogP) is 1.72. The van der Waals surface area contributed by atoms with Crippen molar-refractivity contribution < 1.29 is 17.6 Å². The van der Waals surface area contributed by atoms with Gasteiger partial charge in [-0.15, -0.1) is 0 Å². The van der Waals surface area contributed by atoms with E-state index in [0.29, 0.717) is 5.56 Å². The van der Waals surface area contributed by atoms with E-state index in [1.165, 1.54) is 24.3 Å². The molecule has 2 atom stereocenters. The Kier molecular flexibility index (Phi) is 6.29. The van der Waals surface area contributed by atoms with Gasteiger partial charge >= 0.3 is 0 Å². The molecule has 0 saturated heterocycles. The predicted molar refractivity (Wildman–Crippen MR) is 79.6 cm³/mol. The standard InChI is InChI=1S/C14H21FN2O3S/c1-4-10(2)16-14(18)9-13(17-21(3,19)20)11-5-7-12(15)8-6-11/h5-8,10,13,17H,4,9H2,1-3H3,(H,16,18). The van der Waals surface area contributed by atoms with E-state index in [4.69, 9.17) is 0 Å². The van der Waals surface area contributed by atoms with Crippen LogP contribution >= 0.6 is 0 Å². The number of carbonyl (C=O) groups is 1. The Bertz CT molecular complexity index is 572. The normalized spacial score (nSPS) is 14.5. The highest BCUT2D eigenvalue weighted by Gasteiger charge is 2.20. The molecule has 0 spiro atoms. The number of rotatable bonds is 7. The zero-order chi connectivity index (χ0) is 16.0. The number of hydrogen-bond acceptors (Lipinski definition) is 3. The summed E-state index contributed by atoms with van der Waals surface area (Å²) in [7, 11) is -3.49. The van der Waals surface area contributed by atoms with Crippen molar-refractivity contribution >= 4 is 15.9 Å². The Morgan fingerprint density at radius 3 is 2.33 bits per heavy atom. The van der Waals surface area contributed by atoms with Crippen LogP contribution in [-0.2, 0) is 14.8 Å². The quantitative estimate of drug-likeness (QED) is 0.804. The Labute approximate surface area is 125 Å². The summed E-state index contributed by atoms with van der Waals surface area (Å²) in [5, 5.41) is 2.78. The average Bonchev–Trinajstić information content (AvgIpc) is 2.37. The zero-order valence-electron chi connectivity index (χ0n) is 12.4. The summed E-state index contributed by atoms with van der Waals surface area (Å²) in [6, 6.07) is 4.70. The molecule has 0 aliphatic rings. The smallest absolute Gasteiger partial charge is 0.222 e. The van der Waals surface area contributed by atoms with E-state index < -0.39 is 21.9 Å². The molecular weight excluding hydrogens is 295 g/mol. The van der Waals surface area contributed by atoms with Crippen LogP contribution in [-0.4, -0.2) is 26.6 Å². The third-order valence-electron chi connectivity index (χ3n) is 3.04. The Morgan fingerprint density at radius 2 is 1.86 bits per heavy atom. The second-order valence-electron chi connectivity index (χ2n) is 5.08. The van der Waals surface area contributed by atoms with Crippen LogP contribution < -0.4 is 10.0 Å². The first-order valence-electron chi connectivity index (χ1n) is 6.73. The lowest BCUT2D eigenvalue weighted by atomic mass is 10.0. The summed E-state index contributed by atoms with van der Waals surface area (Å²) in [6.45, 7) is 3.81. The summed E-state index contributed by atoms with van der Waals surface area (Å²) in [5.41, 5.74) is 0.543.